The number of nitrogens with one attached hydrogen (secondary N) is 2. The van der Waals surface area contributed by atoms with Gasteiger partial charge in [0, 0.05) is 30.8 Å². The molecule has 3 aromatic rings. The van der Waals surface area contributed by atoms with Gasteiger partial charge in [-0.25, -0.2) is 4.79 Å². The minimum atomic E-state index is -4.59. The maximum absolute atomic E-state index is 13.4. The molecule has 0 aliphatic rings. The third-order valence-corrected chi connectivity index (χ3v) is 5.41. The monoisotopic (exact) mass is 525 g/mol. The summed E-state index contributed by atoms with van der Waals surface area (Å²) in [6.07, 6.45) is -2.45. The number of nitrogens with zero attached hydrogens (tertiary/aromatic N) is 1. The molecule has 0 aliphatic carbocycles. The Morgan fingerprint density at radius 2 is 1.74 bits per heavy atom. The molecule has 0 aliphatic heterocycles. The molecule has 1 heterocycles. The predicted molar refractivity (Wildman–Crippen MR) is 127 cm³/mol. The molecule has 3 rings (SSSR count). The van der Waals surface area contributed by atoms with Crippen LogP contribution in [0.1, 0.15) is 23.7 Å². The lowest BCUT2D eigenvalue weighted by Gasteiger charge is -2.16. The van der Waals surface area contributed by atoms with Crippen LogP contribution >= 0.6 is 23.2 Å². The predicted octanol–water partition coefficient (Wildman–Crippen LogP) is 6.50. The van der Waals surface area contributed by atoms with E-state index in [1.54, 1.807) is 12.3 Å². The smallest absolute Gasteiger partial charge is 0.417 e. The first-order valence-corrected chi connectivity index (χ1v) is 11.1. The van der Waals surface area contributed by atoms with Gasteiger partial charge >= 0.3 is 18.2 Å². The molecule has 0 spiro atoms. The number of pyridine rings is 1. The molecule has 1 aromatic heterocycles. The van der Waals surface area contributed by atoms with Gasteiger partial charge in [-0.2, -0.15) is 13.2 Å². The molecule has 0 atom stereocenters. The number of rotatable bonds is 7. The molecule has 35 heavy (non-hydrogen) atoms. The second-order valence-electron chi connectivity index (χ2n) is 7.41. The van der Waals surface area contributed by atoms with Crippen molar-refractivity contribution >= 4 is 40.9 Å². The van der Waals surface area contributed by atoms with Gasteiger partial charge in [-0.3, -0.25) is 9.78 Å². The number of urea groups is 1. The molecule has 6 nitrogen and oxygen atoms in total. The molecule has 184 valence electrons. The quantitative estimate of drug-likeness (QED) is 0.345. The first kappa shape index (κ1) is 26.3. The van der Waals surface area contributed by atoms with Crippen LogP contribution in [-0.2, 0) is 28.7 Å². The van der Waals surface area contributed by atoms with Crippen LogP contribution in [-0.4, -0.2) is 23.6 Å². The van der Waals surface area contributed by atoms with E-state index in [1.807, 2.05) is 6.07 Å². The molecule has 0 radical (unpaired) electrons. The van der Waals surface area contributed by atoms with E-state index in [9.17, 15) is 22.8 Å². The molecule has 2 N–H and O–H groups in total. The molecule has 0 saturated carbocycles. The summed E-state index contributed by atoms with van der Waals surface area (Å²) in [4.78, 5) is 27.3. The van der Waals surface area contributed by atoms with Gasteiger partial charge < -0.3 is 15.4 Å². The molecular formula is C24H20Cl2F3N3O3. The number of aromatic nitrogens is 1. The number of ether oxygens (including phenoxy) is 1. The van der Waals surface area contributed by atoms with Gasteiger partial charge in [0.25, 0.3) is 0 Å². The summed E-state index contributed by atoms with van der Waals surface area (Å²) < 4.78 is 45.1. The number of halogens is 5. The highest BCUT2D eigenvalue weighted by Crippen LogP contribution is 2.43. The Morgan fingerprint density at radius 3 is 2.34 bits per heavy atom. The molecule has 0 fully saturated rings. The van der Waals surface area contributed by atoms with E-state index in [0.29, 0.717) is 12.1 Å². The Morgan fingerprint density at radius 1 is 1.06 bits per heavy atom. The van der Waals surface area contributed by atoms with Crippen molar-refractivity contribution in [1.82, 2.24) is 10.3 Å². The molecule has 0 bridgehead atoms. The minimum Gasteiger partial charge on any atom is -0.466 e. The van der Waals surface area contributed by atoms with E-state index in [2.05, 4.69) is 15.6 Å². The molecule has 0 unspecified atom stereocenters. The Hall–Kier alpha value is -3.30. The first-order valence-electron chi connectivity index (χ1n) is 10.3. The Balaban J connectivity index is 1.63. The van der Waals surface area contributed by atoms with Crippen molar-refractivity contribution in [3.05, 3.63) is 81.6 Å². The van der Waals surface area contributed by atoms with Crippen molar-refractivity contribution in [2.75, 3.05) is 11.9 Å². The summed E-state index contributed by atoms with van der Waals surface area (Å²) in [6, 6.07) is 10.6. The Kier molecular flexibility index (Phi) is 8.58. The van der Waals surface area contributed by atoms with E-state index in [0.717, 1.165) is 11.6 Å². The fourth-order valence-corrected chi connectivity index (χ4v) is 3.91. The van der Waals surface area contributed by atoms with Crippen LogP contribution in [0.3, 0.4) is 0 Å². The lowest BCUT2D eigenvalue weighted by molar-refractivity contribution is -0.141. The first-order chi connectivity index (χ1) is 16.5. The highest BCUT2D eigenvalue weighted by molar-refractivity contribution is 6.39. The van der Waals surface area contributed by atoms with E-state index in [-0.39, 0.29) is 46.0 Å². The second kappa shape index (κ2) is 11.4. The zero-order chi connectivity index (χ0) is 25.6. The van der Waals surface area contributed by atoms with Gasteiger partial charge in [-0.05, 0) is 35.4 Å². The molecular weight excluding hydrogens is 506 g/mol. The van der Waals surface area contributed by atoms with Crippen LogP contribution in [0.5, 0.6) is 0 Å². The third kappa shape index (κ3) is 7.34. The zero-order valence-corrected chi connectivity index (χ0v) is 19.9. The molecule has 2 amide bonds. The van der Waals surface area contributed by atoms with Gasteiger partial charge in [0.05, 0.1) is 34.5 Å². The third-order valence-electron chi connectivity index (χ3n) is 4.81. The summed E-state index contributed by atoms with van der Waals surface area (Å²) in [7, 11) is 0. The van der Waals surface area contributed by atoms with Crippen LogP contribution in [0.4, 0.5) is 23.7 Å². The number of carbonyl (C=O) groups excluding carboxylic acids is 2. The average Bonchev–Trinajstić information content (AvgIpc) is 2.77. The van der Waals surface area contributed by atoms with Crippen LogP contribution in [0.2, 0.25) is 10.0 Å². The number of hydrogen-bond acceptors (Lipinski definition) is 4. The maximum Gasteiger partial charge on any atom is 0.417 e. The zero-order valence-electron chi connectivity index (χ0n) is 18.4. The summed E-state index contributed by atoms with van der Waals surface area (Å²) in [5, 5.41) is 5.08. The normalized spacial score (nSPS) is 11.1. The number of esters is 1. The van der Waals surface area contributed by atoms with Crippen molar-refractivity contribution in [3.63, 3.8) is 0 Å². The molecule has 0 saturated heterocycles. The fourth-order valence-electron chi connectivity index (χ4n) is 3.22. The van der Waals surface area contributed by atoms with E-state index in [4.69, 9.17) is 27.9 Å². The summed E-state index contributed by atoms with van der Waals surface area (Å²) in [5.74, 6) is -0.354. The number of carbonyl (C=O) groups is 2. The van der Waals surface area contributed by atoms with Crippen LogP contribution in [0.25, 0.3) is 11.1 Å². The van der Waals surface area contributed by atoms with E-state index < -0.39 is 17.8 Å². The van der Waals surface area contributed by atoms with Gasteiger partial charge in [0.2, 0.25) is 0 Å². The number of benzene rings is 2. The Labute approximate surface area is 209 Å². The lowest BCUT2D eigenvalue weighted by atomic mass is 9.99. The largest absolute Gasteiger partial charge is 0.466 e. The summed E-state index contributed by atoms with van der Waals surface area (Å²) >= 11 is 12.5. The maximum atomic E-state index is 13.4. The van der Waals surface area contributed by atoms with Crippen molar-refractivity contribution in [3.8, 4) is 11.1 Å². The van der Waals surface area contributed by atoms with Gasteiger partial charge in [0.15, 0.2) is 0 Å². The molecule has 2 aromatic carbocycles. The van der Waals surface area contributed by atoms with Gasteiger partial charge in [-0.1, -0.05) is 47.5 Å². The second-order valence-corrected chi connectivity index (χ2v) is 8.23. The van der Waals surface area contributed by atoms with Crippen molar-refractivity contribution < 1.29 is 27.5 Å². The highest BCUT2D eigenvalue weighted by atomic mass is 35.5. The fraction of sp³-hybridized carbons (Fsp3) is 0.208. The van der Waals surface area contributed by atoms with Crippen molar-refractivity contribution in [2.45, 2.75) is 26.1 Å². The minimum absolute atomic E-state index is 0.0187. The highest BCUT2D eigenvalue weighted by Gasteiger charge is 2.34. The van der Waals surface area contributed by atoms with Crippen LogP contribution < -0.4 is 10.6 Å². The molecule has 11 heteroatoms. The number of alkyl halides is 3. The van der Waals surface area contributed by atoms with Crippen molar-refractivity contribution in [2.24, 2.45) is 0 Å². The topological polar surface area (TPSA) is 80.3 Å². The van der Waals surface area contributed by atoms with Gasteiger partial charge in [-0.15, -0.1) is 0 Å². The van der Waals surface area contributed by atoms with Crippen LogP contribution in [0.15, 0.2) is 54.7 Å². The van der Waals surface area contributed by atoms with E-state index >= 15 is 0 Å². The van der Waals surface area contributed by atoms with Gasteiger partial charge in [0.1, 0.15) is 0 Å². The SMILES string of the molecule is CC(=O)OCCc1ccc(CNC(=O)Nc2cc(Cl)c(-c3ccccc3C(F)(F)F)c(Cl)c2)nc1. The standard InChI is InChI=1S/C24H20Cl2F3N3O3/c1-14(33)35-9-8-15-6-7-16(30-12-15)13-31-23(34)32-17-10-20(25)22(21(26)11-17)18-4-2-3-5-19(18)24(27,28)29/h2-7,10-12H,8-9,13H2,1H3,(H2,31,32,34). The summed E-state index contributed by atoms with van der Waals surface area (Å²) in [5.41, 5.74) is 0.660. The van der Waals surface area contributed by atoms with E-state index in [1.165, 1.54) is 37.3 Å². The lowest BCUT2D eigenvalue weighted by Crippen LogP contribution is -2.28. The number of hydrogen-bond donors (Lipinski definition) is 2. The summed E-state index contributed by atoms with van der Waals surface area (Å²) in [6.45, 7) is 1.71. The average molecular weight is 526 g/mol. The number of amides is 2. The van der Waals surface area contributed by atoms with Crippen LogP contribution in [0, 0.1) is 0 Å². The Bertz CT molecular complexity index is 1200. The van der Waals surface area contributed by atoms with Crippen molar-refractivity contribution in [1.29, 1.82) is 0 Å². The number of anilines is 1.